The molecule has 0 aliphatic rings. The van der Waals surface area contributed by atoms with Gasteiger partial charge >= 0.3 is 0 Å². The quantitative estimate of drug-likeness (QED) is 0.495. The van der Waals surface area contributed by atoms with E-state index >= 15 is 0 Å². The van der Waals surface area contributed by atoms with Crippen LogP contribution in [-0.4, -0.2) is 54.4 Å². The van der Waals surface area contributed by atoms with Crippen molar-refractivity contribution in [3.05, 3.63) is 29.6 Å². The lowest BCUT2D eigenvalue weighted by molar-refractivity contribution is 0.0797. The summed E-state index contributed by atoms with van der Waals surface area (Å²) < 4.78 is 10.9. The molecule has 0 fully saturated rings. The molecule has 0 unspecified atom stereocenters. The van der Waals surface area contributed by atoms with Crippen molar-refractivity contribution in [2.45, 2.75) is 20.4 Å². The first kappa shape index (κ1) is 18.0. The summed E-state index contributed by atoms with van der Waals surface area (Å²) in [6.45, 7) is 9.26. The molecule has 0 aliphatic heterocycles. The Labute approximate surface area is 132 Å². The lowest BCUT2D eigenvalue weighted by Crippen LogP contribution is -2.32. The van der Waals surface area contributed by atoms with Gasteiger partial charge in [-0.05, 0) is 25.5 Å². The van der Waals surface area contributed by atoms with Crippen molar-refractivity contribution in [3.8, 4) is 0 Å². The van der Waals surface area contributed by atoms with Gasteiger partial charge in [0.1, 0.15) is 10.7 Å². The number of hydrogen-bond donors (Lipinski definition) is 1. The minimum atomic E-state index is 0.333. The third-order valence-electron chi connectivity index (χ3n) is 3.03. The van der Waals surface area contributed by atoms with Crippen molar-refractivity contribution in [3.63, 3.8) is 0 Å². The van der Waals surface area contributed by atoms with Crippen LogP contribution in [0.5, 0.6) is 0 Å². The fourth-order valence-electron chi connectivity index (χ4n) is 1.97. The molecule has 1 rings (SSSR count). The van der Waals surface area contributed by atoms with Crippen LogP contribution in [0.25, 0.3) is 0 Å². The van der Waals surface area contributed by atoms with Crippen molar-refractivity contribution >= 4 is 17.2 Å². The average molecular weight is 311 g/mol. The van der Waals surface area contributed by atoms with Gasteiger partial charge in [0.15, 0.2) is 0 Å². The van der Waals surface area contributed by atoms with E-state index in [4.69, 9.17) is 27.4 Å². The van der Waals surface area contributed by atoms with Crippen molar-refractivity contribution in [1.82, 2.24) is 9.88 Å². The fourth-order valence-corrected chi connectivity index (χ4v) is 2.16. The second-order valence-electron chi connectivity index (χ2n) is 4.55. The molecule has 21 heavy (non-hydrogen) atoms. The van der Waals surface area contributed by atoms with E-state index in [9.17, 15) is 0 Å². The Bertz CT molecular complexity index is 419. The Hall–Kier alpha value is -1.08. The van der Waals surface area contributed by atoms with Crippen molar-refractivity contribution < 1.29 is 9.47 Å². The summed E-state index contributed by atoms with van der Waals surface area (Å²) in [6, 6.07) is 3.91. The molecule has 6 heteroatoms. The highest BCUT2D eigenvalue weighted by Crippen LogP contribution is 2.09. The monoisotopic (exact) mass is 311 g/mol. The van der Waals surface area contributed by atoms with Crippen molar-refractivity contribution in [2.24, 2.45) is 5.73 Å². The van der Waals surface area contributed by atoms with E-state index in [1.165, 1.54) is 0 Å². The van der Waals surface area contributed by atoms with Crippen LogP contribution in [0.15, 0.2) is 18.3 Å². The Morgan fingerprint density at radius 2 is 1.86 bits per heavy atom. The molecule has 2 N–H and O–H groups in total. The second kappa shape index (κ2) is 10.6. The normalized spacial score (nSPS) is 11.0. The van der Waals surface area contributed by atoms with E-state index in [-0.39, 0.29) is 0 Å². The van der Waals surface area contributed by atoms with Crippen LogP contribution in [0.3, 0.4) is 0 Å². The van der Waals surface area contributed by atoms with Crippen molar-refractivity contribution in [1.29, 1.82) is 0 Å². The molecule has 1 aromatic rings. The van der Waals surface area contributed by atoms with Crippen molar-refractivity contribution in [2.75, 3.05) is 39.5 Å². The lowest BCUT2D eigenvalue weighted by Gasteiger charge is -2.23. The van der Waals surface area contributed by atoms with Gasteiger partial charge in [-0.2, -0.15) is 0 Å². The molecule has 1 heterocycles. The lowest BCUT2D eigenvalue weighted by atomic mass is 10.1. The molecule has 1 aromatic heterocycles. The Kier molecular flexibility index (Phi) is 9.09. The van der Waals surface area contributed by atoms with Gasteiger partial charge in [0.2, 0.25) is 0 Å². The third-order valence-corrected chi connectivity index (χ3v) is 3.22. The number of aromatic nitrogens is 1. The van der Waals surface area contributed by atoms with E-state index in [0.29, 0.717) is 23.9 Å². The SMILES string of the molecule is CCOCCN(CCOCC)Cc1cccnc1C(N)=S. The van der Waals surface area contributed by atoms with Crippen LogP contribution >= 0.6 is 12.2 Å². The van der Waals surface area contributed by atoms with Gasteiger partial charge in [0.25, 0.3) is 0 Å². The molecule has 0 saturated carbocycles. The van der Waals surface area contributed by atoms with Crippen LogP contribution < -0.4 is 5.73 Å². The summed E-state index contributed by atoms with van der Waals surface area (Å²) in [4.78, 5) is 6.87. The number of nitrogens with zero attached hydrogens (tertiary/aromatic N) is 2. The first-order valence-electron chi connectivity index (χ1n) is 7.30. The average Bonchev–Trinajstić information content (AvgIpc) is 2.48. The van der Waals surface area contributed by atoms with Crippen LogP contribution in [0, 0.1) is 0 Å². The minimum Gasteiger partial charge on any atom is -0.388 e. The molecule has 0 aromatic carbocycles. The number of ether oxygens (including phenoxy) is 2. The van der Waals surface area contributed by atoms with Gasteiger partial charge in [-0.3, -0.25) is 9.88 Å². The maximum atomic E-state index is 5.73. The third kappa shape index (κ3) is 6.95. The van der Waals surface area contributed by atoms with Crippen LogP contribution in [0.2, 0.25) is 0 Å². The maximum absolute atomic E-state index is 5.73. The standard InChI is InChI=1S/C15H25N3O2S/c1-3-19-10-8-18(9-11-20-4-2)12-13-6-5-7-17-14(13)15(16)21/h5-7H,3-4,8-12H2,1-2H3,(H2,16,21). The number of hydrogen-bond acceptors (Lipinski definition) is 5. The van der Waals surface area contributed by atoms with E-state index < -0.39 is 0 Å². The van der Waals surface area contributed by atoms with E-state index in [1.807, 2.05) is 26.0 Å². The molecular formula is C15H25N3O2S. The Balaban J connectivity index is 2.67. The highest BCUT2D eigenvalue weighted by molar-refractivity contribution is 7.80. The summed E-state index contributed by atoms with van der Waals surface area (Å²) in [6.07, 6.45) is 1.71. The van der Waals surface area contributed by atoms with Gasteiger partial charge in [-0.25, -0.2) is 0 Å². The van der Waals surface area contributed by atoms with Crippen LogP contribution in [0.1, 0.15) is 25.1 Å². The topological polar surface area (TPSA) is 60.6 Å². The summed E-state index contributed by atoms with van der Waals surface area (Å²) in [5.74, 6) is 0. The number of rotatable bonds is 11. The molecule has 5 nitrogen and oxygen atoms in total. The predicted octanol–water partition coefficient (Wildman–Crippen LogP) is 1.59. The van der Waals surface area contributed by atoms with Crippen LogP contribution in [-0.2, 0) is 16.0 Å². The van der Waals surface area contributed by atoms with Gasteiger partial charge in [0.05, 0.1) is 13.2 Å². The molecule has 0 aliphatic carbocycles. The maximum Gasteiger partial charge on any atom is 0.123 e. The molecule has 0 amide bonds. The van der Waals surface area contributed by atoms with E-state index in [2.05, 4.69) is 9.88 Å². The summed E-state index contributed by atoms with van der Waals surface area (Å²) >= 11 is 5.06. The molecule has 0 saturated heterocycles. The molecule has 0 bridgehead atoms. The van der Waals surface area contributed by atoms with Gasteiger partial charge in [-0.1, -0.05) is 18.3 Å². The fraction of sp³-hybridized carbons (Fsp3) is 0.600. The zero-order valence-corrected chi connectivity index (χ0v) is 13.7. The smallest absolute Gasteiger partial charge is 0.123 e. The summed E-state index contributed by atoms with van der Waals surface area (Å²) in [5.41, 5.74) is 7.47. The molecular weight excluding hydrogens is 286 g/mol. The molecule has 0 atom stereocenters. The summed E-state index contributed by atoms with van der Waals surface area (Å²) in [5, 5.41) is 0. The molecule has 118 valence electrons. The van der Waals surface area contributed by atoms with E-state index in [0.717, 1.165) is 38.4 Å². The Morgan fingerprint density at radius 1 is 1.24 bits per heavy atom. The van der Waals surface area contributed by atoms with Gasteiger partial charge in [-0.15, -0.1) is 0 Å². The second-order valence-corrected chi connectivity index (χ2v) is 4.99. The Morgan fingerprint density at radius 3 is 2.38 bits per heavy atom. The first-order chi connectivity index (χ1) is 10.2. The largest absolute Gasteiger partial charge is 0.388 e. The van der Waals surface area contributed by atoms with Crippen LogP contribution in [0.4, 0.5) is 0 Å². The van der Waals surface area contributed by atoms with Gasteiger partial charge < -0.3 is 15.2 Å². The predicted molar refractivity (Wildman–Crippen MR) is 88.4 cm³/mol. The number of nitrogens with two attached hydrogens (primary N) is 1. The van der Waals surface area contributed by atoms with Gasteiger partial charge in [0, 0.05) is 39.0 Å². The number of pyridine rings is 1. The highest BCUT2D eigenvalue weighted by Gasteiger charge is 2.11. The first-order valence-corrected chi connectivity index (χ1v) is 7.71. The minimum absolute atomic E-state index is 0.333. The molecule has 0 spiro atoms. The summed E-state index contributed by atoms with van der Waals surface area (Å²) in [7, 11) is 0. The zero-order chi connectivity index (χ0) is 15.5. The highest BCUT2D eigenvalue weighted by atomic mass is 32.1. The zero-order valence-electron chi connectivity index (χ0n) is 12.9. The number of thiocarbonyl (C=S) groups is 1. The molecule has 0 radical (unpaired) electrons. The van der Waals surface area contributed by atoms with E-state index in [1.54, 1.807) is 6.20 Å².